The van der Waals surface area contributed by atoms with Gasteiger partial charge in [-0.05, 0) is 43.3 Å². The third-order valence-corrected chi connectivity index (χ3v) is 6.04. The van der Waals surface area contributed by atoms with Gasteiger partial charge in [-0.1, -0.05) is 24.2 Å². The number of aromatic nitrogens is 1. The number of phenolic OH excluding ortho intramolecular Hbond substituents is 1. The van der Waals surface area contributed by atoms with Crippen LogP contribution in [0.3, 0.4) is 0 Å². The highest BCUT2D eigenvalue weighted by Gasteiger charge is 2.20. The Hall–Kier alpha value is -3.03. The van der Waals surface area contributed by atoms with Gasteiger partial charge in [0.25, 0.3) is 0 Å². The summed E-state index contributed by atoms with van der Waals surface area (Å²) in [4.78, 5) is 4.87. The molecule has 2 aromatic carbocycles. The highest BCUT2D eigenvalue weighted by Crippen LogP contribution is 2.40. The highest BCUT2D eigenvalue weighted by molar-refractivity contribution is 5.84. The molecule has 7 nitrogen and oxygen atoms in total. The van der Waals surface area contributed by atoms with E-state index in [1.807, 2.05) is 43.3 Å². The Kier molecular flexibility index (Phi) is 6.97. The minimum atomic E-state index is 0.102. The average molecular weight is 438 g/mol. The second kappa shape index (κ2) is 10.1. The van der Waals surface area contributed by atoms with Crippen LogP contribution in [0.15, 0.2) is 47.0 Å². The van der Waals surface area contributed by atoms with Crippen molar-refractivity contribution in [3.63, 3.8) is 0 Å². The van der Waals surface area contributed by atoms with Gasteiger partial charge in [-0.25, -0.2) is 0 Å². The maximum absolute atomic E-state index is 10.7. The van der Waals surface area contributed by atoms with Gasteiger partial charge < -0.3 is 24.0 Å². The number of nitrogens with zero attached hydrogens (tertiary/aromatic N) is 3. The largest absolute Gasteiger partial charge is 0.507 e. The molecule has 0 spiro atoms. The van der Waals surface area contributed by atoms with Gasteiger partial charge in [0.1, 0.15) is 23.9 Å². The van der Waals surface area contributed by atoms with E-state index in [4.69, 9.17) is 14.0 Å². The minimum absolute atomic E-state index is 0.102. The fourth-order valence-corrected chi connectivity index (χ4v) is 4.07. The van der Waals surface area contributed by atoms with Crippen molar-refractivity contribution in [2.24, 2.45) is 0 Å². The molecular formula is C25H31N3O4. The van der Waals surface area contributed by atoms with Crippen molar-refractivity contribution in [2.75, 3.05) is 53.0 Å². The van der Waals surface area contributed by atoms with Crippen LogP contribution >= 0.6 is 0 Å². The number of aromatic hydroxyl groups is 1. The van der Waals surface area contributed by atoms with Crippen molar-refractivity contribution in [1.82, 2.24) is 15.0 Å². The topological polar surface area (TPSA) is 71.2 Å². The van der Waals surface area contributed by atoms with E-state index in [1.165, 1.54) is 0 Å². The molecule has 0 bridgehead atoms. The molecule has 1 aliphatic heterocycles. The number of methoxy groups -OCH3 is 1. The van der Waals surface area contributed by atoms with Gasteiger partial charge in [-0.3, -0.25) is 4.90 Å². The third kappa shape index (κ3) is 4.89. The number of phenols is 1. The first-order valence-electron chi connectivity index (χ1n) is 11.1. The fourth-order valence-electron chi connectivity index (χ4n) is 4.07. The molecule has 1 fully saturated rings. The van der Waals surface area contributed by atoms with E-state index in [0.29, 0.717) is 23.7 Å². The van der Waals surface area contributed by atoms with Crippen LogP contribution < -0.4 is 9.47 Å². The van der Waals surface area contributed by atoms with Crippen molar-refractivity contribution >= 4 is 0 Å². The lowest BCUT2D eigenvalue weighted by Crippen LogP contribution is -2.47. The number of rotatable bonds is 8. The number of hydrogen-bond acceptors (Lipinski definition) is 7. The molecule has 0 amide bonds. The van der Waals surface area contributed by atoms with Gasteiger partial charge in [-0.15, -0.1) is 0 Å². The lowest BCUT2D eigenvalue weighted by Gasteiger charge is -2.33. The molecule has 0 unspecified atom stereocenters. The lowest BCUT2D eigenvalue weighted by atomic mass is 9.99. The molecule has 4 rings (SSSR count). The van der Waals surface area contributed by atoms with E-state index in [-0.39, 0.29) is 5.75 Å². The Morgan fingerprint density at radius 3 is 2.34 bits per heavy atom. The van der Waals surface area contributed by atoms with E-state index in [2.05, 4.69) is 21.9 Å². The van der Waals surface area contributed by atoms with Crippen LogP contribution in [0.1, 0.15) is 12.6 Å². The van der Waals surface area contributed by atoms with E-state index in [1.54, 1.807) is 13.2 Å². The first kappa shape index (κ1) is 22.2. The third-order valence-electron chi connectivity index (χ3n) is 6.04. The van der Waals surface area contributed by atoms with Gasteiger partial charge in [-0.2, -0.15) is 0 Å². The van der Waals surface area contributed by atoms with Crippen LogP contribution in [0, 0.1) is 6.92 Å². The fraction of sp³-hybridized carbons (Fsp3) is 0.400. The van der Waals surface area contributed by atoms with Crippen molar-refractivity contribution in [3.05, 3.63) is 48.2 Å². The summed E-state index contributed by atoms with van der Waals surface area (Å²) in [5, 5.41) is 14.8. The average Bonchev–Trinajstić information content (AvgIpc) is 3.20. The molecule has 170 valence electrons. The van der Waals surface area contributed by atoms with Gasteiger partial charge in [0, 0.05) is 38.8 Å². The van der Waals surface area contributed by atoms with Crippen molar-refractivity contribution in [2.45, 2.75) is 13.8 Å². The van der Waals surface area contributed by atoms with E-state index >= 15 is 0 Å². The normalized spacial score (nSPS) is 15.1. The molecule has 0 aliphatic carbocycles. The quantitative estimate of drug-likeness (QED) is 0.570. The van der Waals surface area contributed by atoms with Crippen molar-refractivity contribution in [1.29, 1.82) is 0 Å². The predicted octanol–water partition coefficient (Wildman–Crippen LogP) is 4.05. The Labute approximate surface area is 189 Å². The van der Waals surface area contributed by atoms with Crippen LogP contribution in [-0.4, -0.2) is 73.0 Å². The Bertz CT molecular complexity index is 1020. The van der Waals surface area contributed by atoms with Gasteiger partial charge in [0.2, 0.25) is 0 Å². The summed E-state index contributed by atoms with van der Waals surface area (Å²) in [6, 6.07) is 13.0. The van der Waals surface area contributed by atoms with Crippen LogP contribution in [0.5, 0.6) is 17.2 Å². The molecule has 1 saturated heterocycles. The number of aryl methyl sites for hydroxylation is 1. The Morgan fingerprint density at radius 2 is 1.69 bits per heavy atom. The SMILES string of the molecule is CCN1CCN(CCOc2ccc(-c3onc(C)c3-c3ccc(OC)cc3)c(O)c2)CC1. The zero-order valence-corrected chi connectivity index (χ0v) is 19.0. The zero-order valence-electron chi connectivity index (χ0n) is 19.0. The molecule has 1 aliphatic rings. The Balaban J connectivity index is 1.44. The second-order valence-electron chi connectivity index (χ2n) is 8.00. The molecule has 3 aromatic rings. The minimum Gasteiger partial charge on any atom is -0.507 e. The number of benzene rings is 2. The van der Waals surface area contributed by atoms with Crippen LogP contribution in [-0.2, 0) is 0 Å². The van der Waals surface area contributed by atoms with Gasteiger partial charge in [0.15, 0.2) is 5.76 Å². The molecular weight excluding hydrogens is 406 g/mol. The number of ether oxygens (including phenoxy) is 2. The van der Waals surface area contributed by atoms with E-state index in [0.717, 1.165) is 61.8 Å². The lowest BCUT2D eigenvalue weighted by molar-refractivity contribution is 0.121. The maximum Gasteiger partial charge on any atom is 0.178 e. The standard InChI is InChI=1S/C25H31N3O4/c1-4-27-11-13-28(14-12-27)15-16-31-21-9-10-22(23(29)17-21)25-24(18(2)26-32-25)19-5-7-20(30-3)8-6-19/h5-10,17,29H,4,11-16H2,1-3H3. The Morgan fingerprint density at radius 1 is 1.00 bits per heavy atom. The summed E-state index contributed by atoms with van der Waals surface area (Å²) >= 11 is 0. The molecule has 7 heteroatoms. The summed E-state index contributed by atoms with van der Waals surface area (Å²) in [7, 11) is 1.64. The monoisotopic (exact) mass is 437 g/mol. The molecule has 1 aromatic heterocycles. The number of hydrogen-bond donors (Lipinski definition) is 1. The van der Waals surface area contributed by atoms with E-state index < -0.39 is 0 Å². The zero-order chi connectivity index (χ0) is 22.5. The van der Waals surface area contributed by atoms with Crippen molar-refractivity contribution < 1.29 is 19.1 Å². The summed E-state index contributed by atoms with van der Waals surface area (Å²) < 4.78 is 16.7. The van der Waals surface area contributed by atoms with Gasteiger partial charge in [0.05, 0.1) is 23.9 Å². The molecule has 0 saturated carbocycles. The molecule has 1 N–H and O–H groups in total. The summed E-state index contributed by atoms with van der Waals surface area (Å²) in [5.41, 5.74) is 3.14. The smallest absolute Gasteiger partial charge is 0.178 e. The molecule has 0 atom stereocenters. The number of piperazine rings is 1. The second-order valence-corrected chi connectivity index (χ2v) is 8.00. The summed E-state index contributed by atoms with van der Waals surface area (Å²) in [6.45, 7) is 11.0. The molecule has 0 radical (unpaired) electrons. The number of likely N-dealkylation sites (N-methyl/N-ethyl adjacent to an activating group) is 1. The predicted molar refractivity (Wildman–Crippen MR) is 124 cm³/mol. The first-order chi connectivity index (χ1) is 15.6. The maximum atomic E-state index is 10.7. The summed E-state index contributed by atoms with van der Waals surface area (Å²) in [6.07, 6.45) is 0. The molecule has 32 heavy (non-hydrogen) atoms. The van der Waals surface area contributed by atoms with Gasteiger partial charge >= 0.3 is 0 Å². The first-order valence-corrected chi connectivity index (χ1v) is 11.1. The van der Waals surface area contributed by atoms with Crippen LogP contribution in [0.25, 0.3) is 22.5 Å². The van der Waals surface area contributed by atoms with Crippen LogP contribution in [0.2, 0.25) is 0 Å². The molecule has 2 heterocycles. The highest BCUT2D eigenvalue weighted by atomic mass is 16.5. The van der Waals surface area contributed by atoms with Crippen LogP contribution in [0.4, 0.5) is 0 Å². The van der Waals surface area contributed by atoms with E-state index in [9.17, 15) is 5.11 Å². The summed E-state index contributed by atoms with van der Waals surface area (Å²) in [5.74, 6) is 2.05. The van der Waals surface area contributed by atoms with Crippen molar-refractivity contribution in [3.8, 4) is 39.7 Å².